The summed E-state index contributed by atoms with van der Waals surface area (Å²) in [6, 6.07) is 3.84. The lowest BCUT2D eigenvalue weighted by Crippen LogP contribution is -2.32. The Balaban J connectivity index is 2.33. The van der Waals surface area contributed by atoms with Crippen molar-refractivity contribution in [2.75, 3.05) is 26.7 Å². The average Bonchev–Trinajstić information content (AvgIpc) is 2.45. The van der Waals surface area contributed by atoms with Crippen molar-refractivity contribution in [2.45, 2.75) is 26.8 Å². The van der Waals surface area contributed by atoms with Crippen LogP contribution in [-0.4, -0.2) is 42.5 Å². The molecule has 1 aromatic rings. The smallest absolute Gasteiger partial charge is 0.223 e. The molecule has 0 radical (unpaired) electrons. The van der Waals surface area contributed by atoms with Crippen LogP contribution in [0.3, 0.4) is 0 Å². The van der Waals surface area contributed by atoms with Gasteiger partial charge in [0.2, 0.25) is 11.8 Å². The van der Waals surface area contributed by atoms with E-state index < -0.39 is 0 Å². The first-order chi connectivity index (χ1) is 9.22. The van der Waals surface area contributed by atoms with Crippen LogP contribution in [-0.2, 0) is 11.3 Å². The Morgan fingerprint density at radius 1 is 1.42 bits per heavy atom. The molecule has 1 aromatic heterocycles. The molecule has 1 N–H and O–H groups in total. The lowest BCUT2D eigenvalue weighted by atomic mass is 10.2. The summed E-state index contributed by atoms with van der Waals surface area (Å²) in [5, 5.41) is 3.24. The summed E-state index contributed by atoms with van der Waals surface area (Å²) in [6.07, 6.45) is 2.22. The van der Waals surface area contributed by atoms with E-state index in [1.54, 1.807) is 13.3 Å². The lowest BCUT2D eigenvalue weighted by Gasteiger charge is -2.18. The molecule has 5 nitrogen and oxygen atoms in total. The monoisotopic (exact) mass is 265 g/mol. The molecular formula is C14H23N3O2. The zero-order valence-electron chi connectivity index (χ0n) is 12.0. The fourth-order valence-corrected chi connectivity index (χ4v) is 1.90. The second-order valence-corrected chi connectivity index (χ2v) is 4.16. The number of hydrogen-bond donors (Lipinski definition) is 1. The van der Waals surface area contributed by atoms with Gasteiger partial charge in [0.05, 0.1) is 7.11 Å². The number of nitrogens with zero attached hydrogens (tertiary/aromatic N) is 2. The average molecular weight is 265 g/mol. The van der Waals surface area contributed by atoms with Crippen molar-refractivity contribution in [1.29, 1.82) is 0 Å². The van der Waals surface area contributed by atoms with E-state index >= 15 is 0 Å². The van der Waals surface area contributed by atoms with Gasteiger partial charge < -0.3 is 15.0 Å². The van der Waals surface area contributed by atoms with Crippen molar-refractivity contribution >= 4 is 5.91 Å². The number of aromatic nitrogens is 1. The van der Waals surface area contributed by atoms with E-state index in [0.29, 0.717) is 25.4 Å². The van der Waals surface area contributed by atoms with E-state index in [1.165, 1.54) is 0 Å². The van der Waals surface area contributed by atoms with Crippen LogP contribution in [0.5, 0.6) is 5.88 Å². The topological polar surface area (TPSA) is 54.5 Å². The molecule has 0 bridgehead atoms. The van der Waals surface area contributed by atoms with Gasteiger partial charge in [-0.2, -0.15) is 0 Å². The minimum absolute atomic E-state index is 0.190. The van der Waals surface area contributed by atoms with Crippen LogP contribution in [0.1, 0.15) is 25.8 Å². The number of rotatable bonds is 8. The molecule has 0 aliphatic rings. The predicted molar refractivity (Wildman–Crippen MR) is 75.0 cm³/mol. The lowest BCUT2D eigenvalue weighted by molar-refractivity contribution is -0.130. The maximum Gasteiger partial charge on any atom is 0.223 e. The Morgan fingerprint density at radius 3 is 2.79 bits per heavy atom. The van der Waals surface area contributed by atoms with Crippen molar-refractivity contribution in [3.05, 3.63) is 23.9 Å². The maximum absolute atomic E-state index is 11.8. The normalized spacial score (nSPS) is 10.3. The van der Waals surface area contributed by atoms with Gasteiger partial charge >= 0.3 is 0 Å². The third kappa shape index (κ3) is 4.87. The van der Waals surface area contributed by atoms with Gasteiger partial charge in [0.25, 0.3) is 0 Å². The largest absolute Gasteiger partial charge is 0.481 e. The molecule has 0 fully saturated rings. The van der Waals surface area contributed by atoms with E-state index in [-0.39, 0.29) is 5.91 Å². The first-order valence-electron chi connectivity index (χ1n) is 6.69. The molecule has 0 aliphatic heterocycles. The number of pyridine rings is 1. The summed E-state index contributed by atoms with van der Waals surface area (Å²) >= 11 is 0. The van der Waals surface area contributed by atoms with Gasteiger partial charge in [0.1, 0.15) is 0 Å². The highest BCUT2D eigenvalue weighted by atomic mass is 16.5. The molecule has 0 aliphatic carbocycles. The maximum atomic E-state index is 11.8. The fraction of sp³-hybridized carbons (Fsp3) is 0.571. The van der Waals surface area contributed by atoms with Crippen molar-refractivity contribution in [2.24, 2.45) is 0 Å². The number of nitrogens with one attached hydrogen (secondary N) is 1. The van der Waals surface area contributed by atoms with E-state index in [1.807, 2.05) is 30.9 Å². The Morgan fingerprint density at radius 2 is 2.16 bits per heavy atom. The minimum Gasteiger partial charge on any atom is -0.481 e. The van der Waals surface area contributed by atoms with Crippen molar-refractivity contribution < 1.29 is 9.53 Å². The van der Waals surface area contributed by atoms with Crippen LogP contribution < -0.4 is 10.1 Å². The van der Waals surface area contributed by atoms with E-state index in [4.69, 9.17) is 4.74 Å². The van der Waals surface area contributed by atoms with Crippen LogP contribution in [0.2, 0.25) is 0 Å². The third-order valence-corrected chi connectivity index (χ3v) is 2.99. The fourth-order valence-electron chi connectivity index (χ4n) is 1.90. The summed E-state index contributed by atoms with van der Waals surface area (Å²) in [5.41, 5.74) is 1.00. The molecule has 0 saturated carbocycles. The summed E-state index contributed by atoms with van der Waals surface area (Å²) in [5.74, 6) is 0.820. The molecular weight excluding hydrogens is 242 g/mol. The SMILES string of the molecule is CCN(CC)C(=O)CCNCc1cccnc1OC. The van der Waals surface area contributed by atoms with Gasteiger partial charge in [0, 0.05) is 44.4 Å². The van der Waals surface area contributed by atoms with E-state index in [2.05, 4.69) is 10.3 Å². The van der Waals surface area contributed by atoms with Crippen molar-refractivity contribution in [3.63, 3.8) is 0 Å². The zero-order valence-corrected chi connectivity index (χ0v) is 12.0. The van der Waals surface area contributed by atoms with Gasteiger partial charge in [-0.25, -0.2) is 4.98 Å². The summed E-state index contributed by atoms with van der Waals surface area (Å²) < 4.78 is 5.17. The highest BCUT2D eigenvalue weighted by Gasteiger charge is 2.08. The molecule has 106 valence electrons. The highest BCUT2D eigenvalue weighted by Crippen LogP contribution is 2.12. The van der Waals surface area contributed by atoms with Gasteiger partial charge in [-0.1, -0.05) is 6.07 Å². The number of hydrogen-bond acceptors (Lipinski definition) is 4. The molecule has 19 heavy (non-hydrogen) atoms. The van der Waals surface area contributed by atoms with E-state index in [0.717, 1.165) is 18.7 Å². The van der Waals surface area contributed by atoms with Crippen molar-refractivity contribution in [1.82, 2.24) is 15.2 Å². The van der Waals surface area contributed by atoms with Crippen LogP contribution in [0.4, 0.5) is 0 Å². The van der Waals surface area contributed by atoms with Crippen LogP contribution in [0, 0.1) is 0 Å². The van der Waals surface area contributed by atoms with Crippen LogP contribution in [0.25, 0.3) is 0 Å². The van der Waals surface area contributed by atoms with Gasteiger partial charge in [-0.05, 0) is 19.9 Å². The Hall–Kier alpha value is -1.62. The Bertz CT molecular complexity index is 392. The number of ether oxygens (including phenoxy) is 1. The van der Waals surface area contributed by atoms with Crippen molar-refractivity contribution in [3.8, 4) is 5.88 Å². The molecule has 0 unspecified atom stereocenters. The van der Waals surface area contributed by atoms with Crippen LogP contribution >= 0.6 is 0 Å². The van der Waals surface area contributed by atoms with Gasteiger partial charge in [0.15, 0.2) is 0 Å². The summed E-state index contributed by atoms with van der Waals surface area (Å²) in [6.45, 7) is 6.85. The molecule has 1 heterocycles. The standard InChI is InChI=1S/C14H23N3O2/c1-4-17(5-2)13(18)8-10-15-11-12-7-6-9-16-14(12)19-3/h6-7,9,15H,4-5,8,10-11H2,1-3H3. The van der Waals surface area contributed by atoms with Crippen LogP contribution in [0.15, 0.2) is 18.3 Å². The predicted octanol–water partition coefficient (Wildman–Crippen LogP) is 1.44. The molecule has 0 aromatic carbocycles. The molecule has 1 rings (SSSR count). The first kappa shape index (κ1) is 15.4. The van der Waals surface area contributed by atoms with Gasteiger partial charge in [-0.15, -0.1) is 0 Å². The number of amides is 1. The van der Waals surface area contributed by atoms with Gasteiger partial charge in [-0.3, -0.25) is 4.79 Å². The highest BCUT2D eigenvalue weighted by molar-refractivity contribution is 5.76. The second kappa shape index (κ2) is 8.48. The quantitative estimate of drug-likeness (QED) is 0.723. The Kier molecular flexibility index (Phi) is 6.89. The number of carbonyl (C=O) groups is 1. The number of carbonyl (C=O) groups excluding carboxylic acids is 1. The molecule has 1 amide bonds. The Labute approximate surface area is 115 Å². The first-order valence-corrected chi connectivity index (χ1v) is 6.69. The second-order valence-electron chi connectivity index (χ2n) is 4.16. The number of methoxy groups -OCH3 is 1. The minimum atomic E-state index is 0.190. The molecule has 5 heteroatoms. The summed E-state index contributed by atoms with van der Waals surface area (Å²) in [4.78, 5) is 17.8. The van der Waals surface area contributed by atoms with E-state index in [9.17, 15) is 4.79 Å². The molecule has 0 spiro atoms. The molecule has 0 saturated heterocycles. The zero-order chi connectivity index (χ0) is 14.1. The molecule has 0 atom stereocenters. The summed E-state index contributed by atoms with van der Waals surface area (Å²) in [7, 11) is 1.61. The third-order valence-electron chi connectivity index (χ3n) is 2.99.